The molecule has 0 aromatic rings. The van der Waals surface area contributed by atoms with Crippen LogP contribution in [-0.4, -0.2) is 34.4 Å². The summed E-state index contributed by atoms with van der Waals surface area (Å²) >= 11 is 0. The van der Waals surface area contributed by atoms with E-state index in [0.29, 0.717) is 24.8 Å². The van der Waals surface area contributed by atoms with Gasteiger partial charge in [0, 0.05) is 12.6 Å². The van der Waals surface area contributed by atoms with Crippen LogP contribution in [-0.2, 0) is 4.79 Å². The van der Waals surface area contributed by atoms with E-state index >= 15 is 0 Å². The van der Waals surface area contributed by atoms with Crippen LogP contribution in [0, 0.1) is 11.3 Å². The highest BCUT2D eigenvalue weighted by molar-refractivity contribution is 6.07. The summed E-state index contributed by atoms with van der Waals surface area (Å²) in [5, 5.41) is 12.1. The van der Waals surface area contributed by atoms with E-state index in [1.54, 1.807) is 0 Å². The van der Waals surface area contributed by atoms with Gasteiger partial charge in [-0.1, -0.05) is 38.3 Å². The highest BCUT2D eigenvalue weighted by Gasteiger charge is 2.51. The second kappa shape index (κ2) is 6.02. The monoisotopic (exact) mass is 281 g/mol. The number of nitrogens with zero attached hydrogens (tertiary/aromatic N) is 2. The maximum Gasteiger partial charge on any atom is 0.236 e. The lowest BCUT2D eigenvalue weighted by Crippen LogP contribution is -2.57. The molecule has 0 radical (unpaired) electrons. The largest absolute Gasteiger partial charge is 0.409 e. The summed E-state index contributed by atoms with van der Waals surface area (Å²) in [5.41, 5.74) is 5.10. The molecule has 1 amide bonds. The minimum atomic E-state index is -0.730. The Bertz CT molecular complexity index is 383. The quantitative estimate of drug-likeness (QED) is 0.351. The summed E-state index contributed by atoms with van der Waals surface area (Å²) < 4.78 is 0. The highest BCUT2D eigenvalue weighted by Crippen LogP contribution is 2.44. The molecule has 2 rings (SSSR count). The fraction of sp³-hybridized carbons (Fsp3) is 0.867. The number of rotatable bonds is 5. The molecule has 0 bridgehead atoms. The maximum absolute atomic E-state index is 13.0. The maximum atomic E-state index is 13.0. The molecule has 5 nitrogen and oxygen atoms in total. The van der Waals surface area contributed by atoms with Crippen molar-refractivity contribution in [1.82, 2.24) is 4.90 Å². The van der Waals surface area contributed by atoms with Crippen molar-refractivity contribution in [3.63, 3.8) is 0 Å². The van der Waals surface area contributed by atoms with E-state index in [1.165, 1.54) is 12.8 Å². The van der Waals surface area contributed by atoms with Gasteiger partial charge < -0.3 is 15.8 Å². The number of hydrogen-bond acceptors (Lipinski definition) is 3. The topological polar surface area (TPSA) is 78.9 Å². The van der Waals surface area contributed by atoms with Crippen molar-refractivity contribution in [1.29, 1.82) is 0 Å². The van der Waals surface area contributed by atoms with Gasteiger partial charge in [0.05, 0.1) is 0 Å². The number of amides is 1. The molecule has 2 aliphatic rings. The fourth-order valence-corrected chi connectivity index (χ4v) is 3.49. The highest BCUT2D eigenvalue weighted by atomic mass is 16.4. The first-order valence-corrected chi connectivity index (χ1v) is 7.80. The lowest BCUT2D eigenvalue weighted by Gasteiger charge is -2.44. The number of hydrogen-bond donors (Lipinski definition) is 2. The predicted octanol–water partition coefficient (Wildman–Crippen LogP) is 2.33. The number of carbonyl (C=O) groups is 1. The molecular formula is C15H27N3O2. The number of amidine groups is 1. The second-order valence-corrected chi connectivity index (χ2v) is 6.71. The molecule has 3 N–H and O–H groups in total. The third kappa shape index (κ3) is 2.63. The molecular weight excluding hydrogens is 254 g/mol. The lowest BCUT2D eigenvalue weighted by atomic mass is 9.66. The van der Waals surface area contributed by atoms with E-state index in [0.717, 1.165) is 25.8 Å². The van der Waals surface area contributed by atoms with Gasteiger partial charge in [0.1, 0.15) is 5.41 Å². The van der Waals surface area contributed by atoms with E-state index in [1.807, 2.05) is 4.90 Å². The van der Waals surface area contributed by atoms with Crippen LogP contribution in [0.2, 0.25) is 0 Å². The van der Waals surface area contributed by atoms with Crippen molar-refractivity contribution >= 4 is 11.7 Å². The number of oxime groups is 1. The Hall–Kier alpha value is -1.26. The Morgan fingerprint density at radius 3 is 2.35 bits per heavy atom. The standard InChI is InChI=1S/C15H27N3O2/c1-11(2)10-18(12-6-3-4-7-12)14(19)15(8-5-9-15)13(16)17-20/h11-12,20H,3-10H2,1-2H3,(H2,16,17). The number of nitrogens with two attached hydrogens (primary N) is 1. The Morgan fingerprint density at radius 1 is 1.35 bits per heavy atom. The van der Waals surface area contributed by atoms with Crippen molar-refractivity contribution in [3.8, 4) is 0 Å². The van der Waals surface area contributed by atoms with Gasteiger partial charge in [-0.2, -0.15) is 0 Å². The molecule has 0 heterocycles. The fourth-order valence-electron chi connectivity index (χ4n) is 3.49. The van der Waals surface area contributed by atoms with Crippen molar-refractivity contribution in [3.05, 3.63) is 0 Å². The van der Waals surface area contributed by atoms with Crippen LogP contribution in [0.5, 0.6) is 0 Å². The van der Waals surface area contributed by atoms with Gasteiger partial charge in [0.2, 0.25) is 5.91 Å². The minimum Gasteiger partial charge on any atom is -0.409 e. The summed E-state index contributed by atoms with van der Waals surface area (Å²) in [5.74, 6) is 0.615. The number of carbonyl (C=O) groups excluding carboxylic acids is 1. The van der Waals surface area contributed by atoms with E-state index in [9.17, 15) is 4.79 Å². The first kappa shape index (κ1) is 15.1. The summed E-state index contributed by atoms with van der Waals surface area (Å²) in [6.45, 7) is 5.03. The average Bonchev–Trinajstić information content (AvgIpc) is 2.87. The molecule has 114 valence electrons. The Balaban J connectivity index is 2.20. The Kier molecular flexibility index (Phi) is 4.55. The zero-order valence-electron chi connectivity index (χ0n) is 12.6. The molecule has 0 atom stereocenters. The van der Waals surface area contributed by atoms with Gasteiger partial charge in [-0.25, -0.2) is 0 Å². The smallest absolute Gasteiger partial charge is 0.236 e. The van der Waals surface area contributed by atoms with E-state index in [2.05, 4.69) is 19.0 Å². The van der Waals surface area contributed by atoms with Gasteiger partial charge in [-0.05, 0) is 31.6 Å². The SMILES string of the molecule is CC(C)CN(C(=O)C1(C(N)=NO)CCC1)C1CCCC1. The van der Waals surface area contributed by atoms with Crippen LogP contribution in [0.15, 0.2) is 5.16 Å². The molecule has 0 saturated heterocycles. The zero-order chi connectivity index (χ0) is 14.8. The zero-order valence-corrected chi connectivity index (χ0v) is 12.6. The first-order chi connectivity index (χ1) is 9.51. The van der Waals surface area contributed by atoms with Crippen LogP contribution < -0.4 is 5.73 Å². The molecule has 0 unspecified atom stereocenters. The molecule has 0 aromatic heterocycles. The minimum absolute atomic E-state index is 0.0830. The molecule has 2 aliphatic carbocycles. The first-order valence-electron chi connectivity index (χ1n) is 7.80. The summed E-state index contributed by atoms with van der Waals surface area (Å²) in [4.78, 5) is 15.0. The van der Waals surface area contributed by atoms with Gasteiger partial charge in [0.25, 0.3) is 0 Å². The van der Waals surface area contributed by atoms with Crippen molar-refractivity contribution in [2.75, 3.05) is 6.54 Å². The molecule has 20 heavy (non-hydrogen) atoms. The van der Waals surface area contributed by atoms with Gasteiger partial charge in [-0.3, -0.25) is 4.79 Å². The molecule has 0 aliphatic heterocycles. The van der Waals surface area contributed by atoms with Gasteiger partial charge in [-0.15, -0.1) is 0 Å². The molecule has 2 fully saturated rings. The predicted molar refractivity (Wildman–Crippen MR) is 78.5 cm³/mol. The third-order valence-corrected chi connectivity index (χ3v) is 4.80. The molecule has 5 heteroatoms. The van der Waals surface area contributed by atoms with Crippen LogP contribution in [0.4, 0.5) is 0 Å². The second-order valence-electron chi connectivity index (χ2n) is 6.71. The van der Waals surface area contributed by atoms with Crippen molar-refractivity contribution in [2.45, 2.75) is 64.8 Å². The van der Waals surface area contributed by atoms with Crippen LogP contribution in [0.3, 0.4) is 0 Å². The molecule has 0 aromatic carbocycles. The van der Waals surface area contributed by atoms with Gasteiger partial charge in [0.15, 0.2) is 5.84 Å². The van der Waals surface area contributed by atoms with E-state index < -0.39 is 5.41 Å². The lowest BCUT2D eigenvalue weighted by molar-refractivity contribution is -0.145. The van der Waals surface area contributed by atoms with Crippen LogP contribution in [0.1, 0.15) is 58.8 Å². The van der Waals surface area contributed by atoms with Crippen molar-refractivity contribution in [2.24, 2.45) is 22.2 Å². The third-order valence-electron chi connectivity index (χ3n) is 4.80. The van der Waals surface area contributed by atoms with Gasteiger partial charge >= 0.3 is 0 Å². The Labute approximate surface area is 121 Å². The summed E-state index contributed by atoms with van der Waals surface area (Å²) in [6.07, 6.45) is 6.97. The Morgan fingerprint density at radius 2 is 1.95 bits per heavy atom. The normalized spacial score (nSPS) is 22.9. The average molecular weight is 281 g/mol. The molecule has 2 saturated carbocycles. The van der Waals surface area contributed by atoms with E-state index in [-0.39, 0.29) is 11.7 Å². The summed E-state index contributed by atoms with van der Waals surface area (Å²) in [7, 11) is 0. The van der Waals surface area contributed by atoms with Crippen molar-refractivity contribution < 1.29 is 10.0 Å². The van der Waals surface area contributed by atoms with Crippen LogP contribution >= 0.6 is 0 Å². The van der Waals surface area contributed by atoms with Crippen LogP contribution in [0.25, 0.3) is 0 Å². The molecule has 0 spiro atoms. The van der Waals surface area contributed by atoms with E-state index in [4.69, 9.17) is 10.9 Å². The summed E-state index contributed by atoms with van der Waals surface area (Å²) in [6, 6.07) is 0.342.